The molecule has 0 aliphatic rings. The third-order valence-electron chi connectivity index (χ3n) is 2.51. The topological polar surface area (TPSA) is 75.2 Å². The summed E-state index contributed by atoms with van der Waals surface area (Å²) in [5.74, 6) is -0.294. The predicted octanol–water partition coefficient (Wildman–Crippen LogP) is 1.43. The van der Waals surface area contributed by atoms with E-state index >= 15 is 0 Å². The van der Waals surface area contributed by atoms with Gasteiger partial charge in [-0.1, -0.05) is 6.07 Å². The molecule has 104 valence electrons. The molecule has 0 saturated heterocycles. The van der Waals surface area contributed by atoms with Gasteiger partial charge in [-0.05, 0) is 30.3 Å². The zero-order chi connectivity index (χ0) is 14.4. The van der Waals surface area contributed by atoms with Gasteiger partial charge in [0.2, 0.25) is 0 Å². The highest BCUT2D eigenvalue weighted by atomic mass is 19.1. The number of anilines is 1. The first-order valence-electron chi connectivity index (χ1n) is 5.93. The van der Waals surface area contributed by atoms with E-state index in [0.717, 1.165) is 5.48 Å². The third kappa shape index (κ3) is 4.04. The standard InChI is InChI=1S/C14H13FN2O3/c15-10-2-1-3-12(8-10)16-14(18)9-20-13-6-4-11(17-19)5-7-13/h1-8,17,19H,9H2,(H,16,18)/p+1. The van der Waals surface area contributed by atoms with Gasteiger partial charge in [0, 0.05) is 17.8 Å². The average molecular weight is 277 g/mol. The second-order valence-corrected chi connectivity index (χ2v) is 4.05. The number of hydrogen-bond donors (Lipinski definition) is 3. The van der Waals surface area contributed by atoms with Crippen LogP contribution in [0.2, 0.25) is 0 Å². The Bertz CT molecular complexity index is 587. The average Bonchev–Trinajstić information content (AvgIpc) is 2.46. The van der Waals surface area contributed by atoms with Gasteiger partial charge >= 0.3 is 0 Å². The summed E-state index contributed by atoms with van der Waals surface area (Å²) in [6.07, 6.45) is 0. The Morgan fingerprint density at radius 1 is 1.25 bits per heavy atom. The minimum atomic E-state index is -0.417. The van der Waals surface area contributed by atoms with E-state index in [1.54, 1.807) is 30.3 Å². The Kier molecular flexibility index (Phi) is 4.65. The molecule has 0 bridgehead atoms. The van der Waals surface area contributed by atoms with E-state index in [1.165, 1.54) is 18.2 Å². The molecule has 0 fully saturated rings. The fourth-order valence-corrected chi connectivity index (χ4v) is 1.56. The summed E-state index contributed by atoms with van der Waals surface area (Å²) >= 11 is 0. The van der Waals surface area contributed by atoms with Crippen molar-refractivity contribution in [3.63, 3.8) is 0 Å². The SMILES string of the molecule is O=C(COc1ccc([NH2+]O)cc1)Nc1cccc(F)c1. The molecular formula is C14H14FN2O3+. The highest BCUT2D eigenvalue weighted by Crippen LogP contribution is 2.13. The van der Waals surface area contributed by atoms with Crippen molar-refractivity contribution in [2.24, 2.45) is 0 Å². The Labute approximate surface area is 115 Å². The molecule has 0 aromatic heterocycles. The number of nitrogens with two attached hydrogens (primary N) is 1. The second kappa shape index (κ2) is 6.65. The van der Waals surface area contributed by atoms with Crippen molar-refractivity contribution >= 4 is 17.3 Å². The maximum atomic E-state index is 12.9. The fourth-order valence-electron chi connectivity index (χ4n) is 1.56. The largest absolute Gasteiger partial charge is 0.484 e. The zero-order valence-corrected chi connectivity index (χ0v) is 10.5. The molecule has 20 heavy (non-hydrogen) atoms. The molecule has 0 spiro atoms. The van der Waals surface area contributed by atoms with Gasteiger partial charge in [-0.25, -0.2) is 9.60 Å². The fraction of sp³-hybridized carbons (Fsp3) is 0.0714. The summed E-state index contributed by atoms with van der Waals surface area (Å²) in [5, 5.41) is 11.3. The lowest BCUT2D eigenvalue weighted by Gasteiger charge is -2.07. The van der Waals surface area contributed by atoms with Crippen LogP contribution in [-0.2, 0) is 4.79 Å². The molecule has 0 aliphatic heterocycles. The third-order valence-corrected chi connectivity index (χ3v) is 2.51. The Morgan fingerprint density at radius 2 is 2.00 bits per heavy atom. The lowest BCUT2D eigenvalue weighted by atomic mass is 10.3. The molecule has 5 nitrogen and oxygen atoms in total. The van der Waals surface area contributed by atoms with Crippen LogP contribution in [0.5, 0.6) is 5.75 Å². The summed E-state index contributed by atoms with van der Waals surface area (Å²) in [7, 11) is 0. The molecule has 4 N–H and O–H groups in total. The van der Waals surface area contributed by atoms with Crippen LogP contribution in [0.3, 0.4) is 0 Å². The predicted molar refractivity (Wildman–Crippen MR) is 70.3 cm³/mol. The number of hydrogen-bond acceptors (Lipinski definition) is 3. The monoisotopic (exact) mass is 277 g/mol. The van der Waals surface area contributed by atoms with E-state index in [2.05, 4.69) is 5.32 Å². The summed E-state index contributed by atoms with van der Waals surface area (Å²) in [6, 6.07) is 12.2. The number of ether oxygens (including phenoxy) is 1. The Morgan fingerprint density at radius 3 is 2.65 bits per heavy atom. The number of halogens is 1. The zero-order valence-electron chi connectivity index (χ0n) is 10.5. The van der Waals surface area contributed by atoms with Crippen LogP contribution in [0, 0.1) is 5.82 Å². The van der Waals surface area contributed by atoms with Crippen molar-refractivity contribution in [2.45, 2.75) is 0 Å². The summed E-state index contributed by atoms with van der Waals surface area (Å²) in [6.45, 7) is -0.182. The molecule has 6 heteroatoms. The van der Waals surface area contributed by atoms with E-state index < -0.39 is 5.82 Å². The number of nitrogens with one attached hydrogen (secondary N) is 1. The van der Waals surface area contributed by atoms with E-state index in [4.69, 9.17) is 9.94 Å². The van der Waals surface area contributed by atoms with Gasteiger partial charge in [0.15, 0.2) is 12.3 Å². The molecule has 1 amide bonds. The first-order valence-corrected chi connectivity index (χ1v) is 5.93. The normalized spacial score (nSPS) is 10.1. The van der Waals surface area contributed by atoms with Crippen molar-refractivity contribution in [3.8, 4) is 5.75 Å². The van der Waals surface area contributed by atoms with Gasteiger partial charge < -0.3 is 10.1 Å². The summed E-state index contributed by atoms with van der Waals surface area (Å²) in [4.78, 5) is 11.6. The first kappa shape index (κ1) is 14.0. The smallest absolute Gasteiger partial charge is 0.262 e. The number of amides is 1. The second-order valence-electron chi connectivity index (χ2n) is 4.05. The van der Waals surface area contributed by atoms with Crippen molar-refractivity contribution in [3.05, 3.63) is 54.3 Å². The van der Waals surface area contributed by atoms with E-state index in [1.807, 2.05) is 0 Å². The highest BCUT2D eigenvalue weighted by molar-refractivity contribution is 5.91. The quantitative estimate of drug-likeness (QED) is 0.571. The van der Waals surface area contributed by atoms with Gasteiger partial charge in [0.1, 0.15) is 11.6 Å². The molecule has 0 saturated carbocycles. The number of benzene rings is 2. The lowest BCUT2D eigenvalue weighted by Crippen LogP contribution is -2.73. The Hall–Kier alpha value is -2.44. The molecule has 2 aromatic rings. The molecule has 0 unspecified atom stereocenters. The van der Waals surface area contributed by atoms with Gasteiger partial charge in [-0.3, -0.25) is 4.79 Å². The number of carbonyl (C=O) groups is 1. The summed E-state index contributed by atoms with van der Waals surface area (Å²) < 4.78 is 18.2. The van der Waals surface area contributed by atoms with Gasteiger partial charge in [-0.15, -0.1) is 0 Å². The van der Waals surface area contributed by atoms with Crippen LogP contribution in [-0.4, -0.2) is 17.7 Å². The number of quaternary nitrogens is 1. The van der Waals surface area contributed by atoms with E-state index in [0.29, 0.717) is 17.1 Å². The molecule has 0 radical (unpaired) electrons. The first-order chi connectivity index (χ1) is 9.67. The van der Waals surface area contributed by atoms with Crippen LogP contribution in [0.15, 0.2) is 48.5 Å². The number of rotatable bonds is 5. The molecule has 0 heterocycles. The van der Waals surface area contributed by atoms with Crippen molar-refractivity contribution in [1.29, 1.82) is 0 Å². The summed E-state index contributed by atoms with van der Waals surface area (Å²) in [5.41, 5.74) is 1.99. The van der Waals surface area contributed by atoms with E-state index in [9.17, 15) is 9.18 Å². The maximum absolute atomic E-state index is 12.9. The van der Waals surface area contributed by atoms with Gasteiger partial charge in [-0.2, -0.15) is 5.48 Å². The minimum Gasteiger partial charge on any atom is -0.484 e. The Balaban J connectivity index is 1.85. The van der Waals surface area contributed by atoms with Crippen LogP contribution < -0.4 is 15.5 Å². The maximum Gasteiger partial charge on any atom is 0.262 e. The molecule has 0 atom stereocenters. The molecule has 0 aliphatic carbocycles. The highest BCUT2D eigenvalue weighted by Gasteiger charge is 2.05. The van der Waals surface area contributed by atoms with Gasteiger partial charge in [0.05, 0.1) is 0 Å². The van der Waals surface area contributed by atoms with Crippen LogP contribution in [0.1, 0.15) is 0 Å². The van der Waals surface area contributed by atoms with E-state index in [-0.39, 0.29) is 12.5 Å². The minimum absolute atomic E-state index is 0.182. The lowest BCUT2D eigenvalue weighted by molar-refractivity contribution is -0.825. The van der Waals surface area contributed by atoms with Gasteiger partial charge in [0.25, 0.3) is 5.91 Å². The molecular weight excluding hydrogens is 263 g/mol. The van der Waals surface area contributed by atoms with Crippen LogP contribution in [0.4, 0.5) is 15.8 Å². The van der Waals surface area contributed by atoms with Crippen molar-refractivity contribution in [1.82, 2.24) is 0 Å². The van der Waals surface area contributed by atoms with Crippen molar-refractivity contribution in [2.75, 3.05) is 11.9 Å². The molecule has 2 rings (SSSR count). The number of carbonyl (C=O) groups excluding carboxylic acids is 1. The van der Waals surface area contributed by atoms with Crippen LogP contribution >= 0.6 is 0 Å². The van der Waals surface area contributed by atoms with Crippen molar-refractivity contribution < 1.29 is 24.6 Å². The molecule has 2 aromatic carbocycles. The van der Waals surface area contributed by atoms with Crippen LogP contribution in [0.25, 0.3) is 0 Å².